The van der Waals surface area contributed by atoms with Crippen molar-refractivity contribution >= 4 is 47.1 Å². The van der Waals surface area contributed by atoms with Crippen LogP contribution in [-0.2, 0) is 9.59 Å². The van der Waals surface area contributed by atoms with Gasteiger partial charge in [-0.25, -0.2) is 0 Å². The molecule has 0 radical (unpaired) electrons. The van der Waals surface area contributed by atoms with Crippen molar-refractivity contribution in [2.45, 2.75) is 37.8 Å². The number of carbonyl (C=O) groups is 6. The molecule has 2 aromatic rings. The van der Waals surface area contributed by atoms with E-state index in [0.29, 0.717) is 38.8 Å². The summed E-state index contributed by atoms with van der Waals surface area (Å²) >= 11 is 0. The molecule has 50 heavy (non-hydrogen) atoms. The van der Waals surface area contributed by atoms with E-state index >= 15 is 0 Å². The Bertz CT molecular complexity index is 1550. The topological polar surface area (TPSA) is 331 Å². The molecule has 18 heteroatoms. The number of carbonyl (C=O) groups excluding carboxylic acids is 6. The fourth-order valence-electron chi connectivity index (χ4n) is 4.92. The SMILES string of the molecule is NC(N)=NCCC[C@H](N)C(=O)NCCNC(=O)c1ccc2c(c1)C(=O)c1ccc(C(=O)NCCNC(=O)[C@@H](N)CCCN=C(N)N)cc1C2=O. The van der Waals surface area contributed by atoms with Crippen LogP contribution in [0.1, 0.15) is 78.2 Å². The van der Waals surface area contributed by atoms with Gasteiger partial charge in [-0.3, -0.25) is 38.8 Å². The monoisotopic (exact) mass is 692 g/mol. The molecule has 16 N–H and O–H groups in total. The molecule has 1 aliphatic carbocycles. The van der Waals surface area contributed by atoms with Crippen LogP contribution in [0, 0.1) is 0 Å². The summed E-state index contributed by atoms with van der Waals surface area (Å²) in [6.45, 7) is 1.11. The van der Waals surface area contributed by atoms with Crippen molar-refractivity contribution in [3.05, 3.63) is 69.8 Å². The van der Waals surface area contributed by atoms with Crippen molar-refractivity contribution in [1.29, 1.82) is 0 Å². The Hall–Kier alpha value is -5.88. The van der Waals surface area contributed by atoms with Crippen LogP contribution in [0.2, 0.25) is 0 Å². The quantitative estimate of drug-likeness (QED) is 0.0360. The first-order chi connectivity index (χ1) is 23.8. The maximum Gasteiger partial charge on any atom is 0.251 e. The molecule has 0 bridgehead atoms. The number of rotatable bonds is 18. The number of benzene rings is 2. The number of hydrogen-bond donors (Lipinski definition) is 10. The fraction of sp³-hybridized carbons (Fsp3) is 0.375. The van der Waals surface area contributed by atoms with Crippen molar-refractivity contribution < 1.29 is 28.8 Å². The Morgan fingerprint density at radius 3 is 1.28 bits per heavy atom. The first-order valence-electron chi connectivity index (χ1n) is 15.9. The van der Waals surface area contributed by atoms with E-state index in [1.807, 2.05) is 0 Å². The average molecular weight is 693 g/mol. The van der Waals surface area contributed by atoms with Crippen molar-refractivity contribution in [2.24, 2.45) is 44.4 Å². The van der Waals surface area contributed by atoms with E-state index < -0.39 is 35.5 Å². The minimum Gasteiger partial charge on any atom is -0.370 e. The minimum absolute atomic E-state index is 0.0382. The van der Waals surface area contributed by atoms with E-state index in [1.54, 1.807) is 0 Å². The molecule has 2 atom stereocenters. The molecule has 0 aliphatic heterocycles. The summed E-state index contributed by atoms with van der Waals surface area (Å²) < 4.78 is 0. The third kappa shape index (κ3) is 11.1. The summed E-state index contributed by atoms with van der Waals surface area (Å²) in [5, 5.41) is 10.6. The number of nitrogens with zero attached hydrogens (tertiary/aromatic N) is 2. The lowest BCUT2D eigenvalue weighted by Crippen LogP contribution is -2.43. The second-order valence-electron chi connectivity index (χ2n) is 11.4. The highest BCUT2D eigenvalue weighted by molar-refractivity contribution is 6.29. The molecular weight excluding hydrogens is 648 g/mol. The zero-order valence-corrected chi connectivity index (χ0v) is 27.5. The van der Waals surface area contributed by atoms with Crippen LogP contribution in [0.15, 0.2) is 46.4 Å². The van der Waals surface area contributed by atoms with Gasteiger partial charge in [-0.1, -0.05) is 0 Å². The number of ketones is 2. The Balaban J connectivity index is 1.50. The number of hydrogen-bond acceptors (Lipinski definition) is 10. The number of fused-ring (bicyclic) bond motifs is 2. The molecule has 0 aromatic heterocycles. The Morgan fingerprint density at radius 2 is 0.920 bits per heavy atom. The van der Waals surface area contributed by atoms with Crippen LogP contribution in [0.5, 0.6) is 0 Å². The molecule has 0 saturated heterocycles. The zero-order chi connectivity index (χ0) is 36.8. The molecule has 0 saturated carbocycles. The third-order valence-electron chi connectivity index (χ3n) is 7.57. The predicted molar refractivity (Wildman–Crippen MR) is 186 cm³/mol. The molecule has 268 valence electrons. The first kappa shape index (κ1) is 38.6. The van der Waals surface area contributed by atoms with Gasteiger partial charge in [0.15, 0.2) is 23.5 Å². The van der Waals surface area contributed by atoms with Gasteiger partial charge < -0.3 is 55.7 Å². The standard InChI is InChI=1S/C32H44N12O6/c33-23(3-1-9-43-31(35)36)29(49)41-13-11-39-27(47)17-5-7-19-21(15-17)25(45)20-8-6-18(16-22(20)26(19)46)28(48)40-12-14-42-30(50)24(34)4-2-10-44-32(37)38/h5-8,15-16,23-24H,1-4,9-14,33-34H2,(H,39,47)(H,40,48)(H,41,49)(H,42,50)(H4,35,36,43)(H4,37,38,44)/t23-,24-/m0/s1. The van der Waals surface area contributed by atoms with E-state index in [0.717, 1.165) is 0 Å². The molecule has 2 aromatic carbocycles. The Kier molecular flexibility index (Phi) is 14.4. The highest BCUT2D eigenvalue weighted by atomic mass is 16.2. The highest BCUT2D eigenvalue weighted by Gasteiger charge is 2.31. The van der Waals surface area contributed by atoms with Crippen molar-refractivity contribution in [2.75, 3.05) is 39.3 Å². The lowest BCUT2D eigenvalue weighted by molar-refractivity contribution is -0.123. The number of guanidine groups is 2. The van der Waals surface area contributed by atoms with Gasteiger partial charge in [-0.2, -0.15) is 0 Å². The summed E-state index contributed by atoms with van der Waals surface area (Å²) in [7, 11) is 0. The molecule has 0 unspecified atom stereocenters. The summed E-state index contributed by atoms with van der Waals surface area (Å²) in [5.74, 6) is -2.83. The highest BCUT2D eigenvalue weighted by Crippen LogP contribution is 2.29. The van der Waals surface area contributed by atoms with Crippen LogP contribution in [-0.4, -0.2) is 98.5 Å². The normalized spacial score (nSPS) is 12.8. The van der Waals surface area contributed by atoms with E-state index in [9.17, 15) is 28.8 Å². The summed E-state index contributed by atoms with van der Waals surface area (Å²) in [6, 6.07) is 6.75. The zero-order valence-electron chi connectivity index (χ0n) is 27.5. The first-order valence-corrected chi connectivity index (χ1v) is 15.9. The number of nitrogens with two attached hydrogens (primary N) is 6. The maximum atomic E-state index is 13.3. The largest absolute Gasteiger partial charge is 0.370 e. The average Bonchev–Trinajstić information content (AvgIpc) is 3.09. The van der Waals surface area contributed by atoms with E-state index in [1.165, 1.54) is 36.4 Å². The lowest BCUT2D eigenvalue weighted by atomic mass is 9.82. The summed E-state index contributed by atoms with van der Waals surface area (Å²) in [4.78, 5) is 84.3. The van der Waals surface area contributed by atoms with Gasteiger partial charge in [0.1, 0.15) is 0 Å². The molecular formula is C32H44N12O6. The maximum absolute atomic E-state index is 13.3. The second kappa shape index (κ2) is 18.6. The lowest BCUT2D eigenvalue weighted by Gasteiger charge is -2.19. The van der Waals surface area contributed by atoms with Crippen molar-refractivity contribution in [1.82, 2.24) is 21.3 Å². The summed E-state index contributed by atoms with van der Waals surface area (Å²) in [6.07, 6.45) is 1.79. The molecule has 0 spiro atoms. The van der Waals surface area contributed by atoms with Crippen LogP contribution < -0.4 is 55.7 Å². The van der Waals surface area contributed by atoms with Crippen molar-refractivity contribution in [3.8, 4) is 0 Å². The van der Waals surface area contributed by atoms with Crippen LogP contribution >= 0.6 is 0 Å². The van der Waals surface area contributed by atoms with Crippen LogP contribution in [0.4, 0.5) is 0 Å². The summed E-state index contributed by atoms with van der Waals surface area (Å²) in [5.41, 5.74) is 33.3. The molecule has 0 fully saturated rings. The van der Waals surface area contributed by atoms with E-state index in [2.05, 4.69) is 31.3 Å². The number of aliphatic imine (C=N–C) groups is 2. The van der Waals surface area contributed by atoms with Crippen molar-refractivity contribution in [3.63, 3.8) is 0 Å². The minimum atomic E-state index is -0.762. The van der Waals surface area contributed by atoms with Gasteiger partial charge in [0.05, 0.1) is 12.1 Å². The molecule has 18 nitrogen and oxygen atoms in total. The molecule has 4 amide bonds. The van der Waals surface area contributed by atoms with Gasteiger partial charge in [0, 0.05) is 72.6 Å². The Morgan fingerprint density at radius 1 is 0.560 bits per heavy atom. The molecule has 1 aliphatic rings. The smallest absolute Gasteiger partial charge is 0.251 e. The predicted octanol–water partition coefficient (Wildman–Crippen LogP) is -3.08. The van der Waals surface area contributed by atoms with Gasteiger partial charge in [0.25, 0.3) is 11.8 Å². The number of nitrogens with one attached hydrogen (secondary N) is 4. The molecule has 0 heterocycles. The van der Waals surface area contributed by atoms with E-state index in [4.69, 9.17) is 34.4 Å². The Labute approximate surface area is 288 Å². The fourth-order valence-corrected chi connectivity index (χ4v) is 4.92. The van der Waals surface area contributed by atoms with Gasteiger partial charge in [-0.05, 0) is 62.1 Å². The third-order valence-corrected chi connectivity index (χ3v) is 7.57. The van der Waals surface area contributed by atoms with E-state index in [-0.39, 0.29) is 83.3 Å². The number of amides is 4. The van der Waals surface area contributed by atoms with Gasteiger partial charge in [-0.15, -0.1) is 0 Å². The van der Waals surface area contributed by atoms with Gasteiger partial charge >= 0.3 is 0 Å². The second-order valence-corrected chi connectivity index (χ2v) is 11.4. The van der Waals surface area contributed by atoms with Crippen LogP contribution in [0.3, 0.4) is 0 Å². The van der Waals surface area contributed by atoms with Crippen LogP contribution in [0.25, 0.3) is 0 Å². The molecule has 3 rings (SSSR count). The van der Waals surface area contributed by atoms with Gasteiger partial charge in [0.2, 0.25) is 11.8 Å².